The Hall–Kier alpha value is -1.39. The highest BCUT2D eigenvalue weighted by Gasteiger charge is 2.35. The van der Waals surface area contributed by atoms with Gasteiger partial charge in [-0.3, -0.25) is 0 Å². The number of nitrogen functional groups attached to an aromatic ring is 1. The molecular formula is C12H17ClN4. The van der Waals surface area contributed by atoms with Crippen molar-refractivity contribution in [3.05, 3.63) is 41.2 Å². The molecule has 0 heterocycles. The molecule has 1 aromatic rings. The molecule has 0 bridgehead atoms. The van der Waals surface area contributed by atoms with Crippen molar-refractivity contribution in [2.75, 3.05) is 5.73 Å². The van der Waals surface area contributed by atoms with Crippen LogP contribution in [0.3, 0.4) is 0 Å². The second-order valence-corrected chi connectivity index (χ2v) is 4.73. The predicted molar refractivity (Wildman–Crippen MR) is 71.0 cm³/mol. The first kappa shape index (κ1) is 12.1. The highest BCUT2D eigenvalue weighted by Crippen LogP contribution is 2.42. The summed E-state index contributed by atoms with van der Waals surface area (Å²) in [4.78, 5) is 0. The van der Waals surface area contributed by atoms with Gasteiger partial charge in [0.25, 0.3) is 0 Å². The maximum atomic E-state index is 6.19. The summed E-state index contributed by atoms with van der Waals surface area (Å²) in [5.74, 6) is 6.22. The fourth-order valence-corrected chi connectivity index (χ4v) is 2.52. The van der Waals surface area contributed by atoms with Gasteiger partial charge in [0.15, 0.2) is 0 Å². The Morgan fingerprint density at radius 1 is 1.35 bits per heavy atom. The van der Waals surface area contributed by atoms with Crippen molar-refractivity contribution in [3.63, 3.8) is 0 Å². The van der Waals surface area contributed by atoms with Crippen molar-refractivity contribution in [2.45, 2.75) is 24.8 Å². The summed E-state index contributed by atoms with van der Waals surface area (Å²) in [5, 5.41) is 2.40. The van der Waals surface area contributed by atoms with Crippen LogP contribution in [0.5, 0.6) is 0 Å². The van der Waals surface area contributed by atoms with Gasteiger partial charge in [0.05, 0.1) is 6.04 Å². The number of rotatable bonds is 3. The number of benzene rings is 1. The Labute approximate surface area is 106 Å². The van der Waals surface area contributed by atoms with Gasteiger partial charge in [-0.1, -0.05) is 11.6 Å². The lowest BCUT2D eigenvalue weighted by Crippen LogP contribution is -2.46. The van der Waals surface area contributed by atoms with E-state index in [1.807, 2.05) is 12.1 Å². The first-order valence-electron chi connectivity index (χ1n) is 5.60. The van der Waals surface area contributed by atoms with Gasteiger partial charge in [-0.15, -0.1) is 0 Å². The molecule has 4 nitrogen and oxygen atoms in total. The quantitative estimate of drug-likeness (QED) is 0.435. The molecule has 1 aliphatic carbocycles. The van der Waals surface area contributed by atoms with Crippen molar-refractivity contribution < 1.29 is 0 Å². The first-order chi connectivity index (χ1) is 8.13. The van der Waals surface area contributed by atoms with Crippen LogP contribution in [0.1, 0.15) is 24.3 Å². The highest BCUT2D eigenvalue weighted by molar-refractivity contribution is 6.31. The lowest BCUT2D eigenvalue weighted by Gasteiger charge is -2.42. The standard InChI is InChI=1S/C12H17ClN4/c13-11-3-1-8(15)7-10(11)9-2-4-12(9)17(16)6-5-14/h1,3,5-7,9,12H,2,4,14-16H2/b6-5-/t9-,12-/m0/s1. The molecule has 0 amide bonds. The molecule has 1 saturated carbocycles. The maximum Gasteiger partial charge on any atom is 0.0515 e. The smallest absolute Gasteiger partial charge is 0.0515 e. The summed E-state index contributed by atoms with van der Waals surface area (Å²) in [5.41, 5.74) is 12.9. The average Bonchev–Trinajstić information content (AvgIpc) is 2.22. The zero-order valence-electron chi connectivity index (χ0n) is 9.51. The second-order valence-electron chi connectivity index (χ2n) is 4.32. The molecule has 0 spiro atoms. The van der Waals surface area contributed by atoms with Crippen LogP contribution in [0, 0.1) is 0 Å². The summed E-state index contributed by atoms with van der Waals surface area (Å²) in [7, 11) is 0. The Balaban J connectivity index is 2.20. The Bertz CT molecular complexity index is 433. The van der Waals surface area contributed by atoms with Gasteiger partial charge in [-0.2, -0.15) is 0 Å². The third kappa shape index (κ3) is 2.33. The Morgan fingerprint density at radius 3 is 2.71 bits per heavy atom. The molecule has 2 atom stereocenters. The molecule has 1 aliphatic rings. The van der Waals surface area contributed by atoms with Gasteiger partial charge in [-0.25, -0.2) is 5.84 Å². The van der Waals surface area contributed by atoms with Gasteiger partial charge in [0.1, 0.15) is 0 Å². The van der Waals surface area contributed by atoms with Crippen molar-refractivity contribution in [2.24, 2.45) is 11.6 Å². The van der Waals surface area contributed by atoms with Gasteiger partial charge in [0.2, 0.25) is 0 Å². The zero-order valence-corrected chi connectivity index (χ0v) is 10.3. The third-order valence-electron chi connectivity index (χ3n) is 3.30. The number of hydrogen-bond acceptors (Lipinski definition) is 4. The number of hydrazine groups is 1. The van der Waals surface area contributed by atoms with E-state index in [0.29, 0.717) is 5.92 Å². The predicted octanol–water partition coefficient (Wildman–Crippen LogP) is 1.77. The van der Waals surface area contributed by atoms with Gasteiger partial charge in [-0.05, 0) is 36.6 Å². The summed E-state index contributed by atoms with van der Waals surface area (Å²) < 4.78 is 0. The number of anilines is 1. The fourth-order valence-electron chi connectivity index (χ4n) is 2.26. The van der Waals surface area contributed by atoms with E-state index in [2.05, 4.69) is 0 Å². The van der Waals surface area contributed by atoms with Crippen LogP contribution in [0.15, 0.2) is 30.6 Å². The average molecular weight is 253 g/mol. The fraction of sp³-hybridized carbons (Fsp3) is 0.333. The van der Waals surface area contributed by atoms with Crippen LogP contribution in [0.25, 0.3) is 0 Å². The van der Waals surface area contributed by atoms with Crippen molar-refractivity contribution in [1.82, 2.24) is 5.01 Å². The van der Waals surface area contributed by atoms with E-state index < -0.39 is 0 Å². The number of halogens is 1. The van der Waals surface area contributed by atoms with E-state index in [-0.39, 0.29) is 6.04 Å². The van der Waals surface area contributed by atoms with Crippen LogP contribution >= 0.6 is 11.6 Å². The number of nitrogens with zero attached hydrogens (tertiary/aromatic N) is 1. The Kier molecular flexibility index (Phi) is 3.45. The normalized spacial score (nSPS) is 23.6. The first-order valence-corrected chi connectivity index (χ1v) is 5.97. The monoisotopic (exact) mass is 252 g/mol. The van der Waals surface area contributed by atoms with E-state index in [9.17, 15) is 0 Å². The minimum absolute atomic E-state index is 0.245. The van der Waals surface area contributed by atoms with E-state index in [1.54, 1.807) is 17.3 Å². The minimum atomic E-state index is 0.245. The van der Waals surface area contributed by atoms with Crippen LogP contribution in [0.4, 0.5) is 5.69 Å². The van der Waals surface area contributed by atoms with Gasteiger partial charge < -0.3 is 16.5 Å². The van der Waals surface area contributed by atoms with Gasteiger partial charge in [0, 0.05) is 29.0 Å². The molecule has 0 aromatic heterocycles. The molecule has 1 aromatic carbocycles. The van der Waals surface area contributed by atoms with Crippen molar-refractivity contribution >= 4 is 17.3 Å². The van der Waals surface area contributed by atoms with Crippen LogP contribution in [0.2, 0.25) is 5.02 Å². The van der Waals surface area contributed by atoms with E-state index in [4.69, 9.17) is 28.9 Å². The second kappa shape index (κ2) is 4.85. The summed E-state index contributed by atoms with van der Waals surface area (Å²) in [6, 6.07) is 5.81. The molecule has 92 valence electrons. The molecule has 2 rings (SSSR count). The van der Waals surface area contributed by atoms with Crippen LogP contribution < -0.4 is 17.3 Å². The van der Waals surface area contributed by atoms with E-state index in [0.717, 1.165) is 29.1 Å². The van der Waals surface area contributed by atoms with Crippen LogP contribution in [-0.4, -0.2) is 11.1 Å². The SMILES string of the molecule is N/C=C\N(N)[C@H]1CC[C@H]1c1cc(N)ccc1Cl. The van der Waals surface area contributed by atoms with Crippen molar-refractivity contribution in [1.29, 1.82) is 0 Å². The number of nitrogens with two attached hydrogens (primary N) is 3. The molecule has 5 heteroatoms. The van der Waals surface area contributed by atoms with Gasteiger partial charge >= 0.3 is 0 Å². The topological polar surface area (TPSA) is 81.3 Å². The molecule has 0 unspecified atom stereocenters. The van der Waals surface area contributed by atoms with E-state index in [1.165, 1.54) is 6.20 Å². The Morgan fingerprint density at radius 2 is 2.12 bits per heavy atom. The molecule has 0 aliphatic heterocycles. The minimum Gasteiger partial charge on any atom is -0.403 e. The molecule has 1 fully saturated rings. The maximum absolute atomic E-state index is 6.19. The summed E-state index contributed by atoms with van der Waals surface area (Å²) in [6.07, 6.45) is 5.23. The summed E-state index contributed by atoms with van der Waals surface area (Å²) >= 11 is 6.19. The molecular weight excluding hydrogens is 236 g/mol. The summed E-state index contributed by atoms with van der Waals surface area (Å²) in [6.45, 7) is 0. The van der Waals surface area contributed by atoms with Crippen molar-refractivity contribution in [3.8, 4) is 0 Å². The third-order valence-corrected chi connectivity index (χ3v) is 3.64. The largest absolute Gasteiger partial charge is 0.403 e. The molecule has 6 N–H and O–H groups in total. The number of hydrogen-bond donors (Lipinski definition) is 3. The molecule has 17 heavy (non-hydrogen) atoms. The molecule has 0 radical (unpaired) electrons. The zero-order chi connectivity index (χ0) is 12.4. The highest BCUT2D eigenvalue weighted by atomic mass is 35.5. The lowest BCUT2D eigenvalue weighted by atomic mass is 9.74. The molecule has 0 saturated heterocycles. The van der Waals surface area contributed by atoms with E-state index >= 15 is 0 Å². The lowest BCUT2D eigenvalue weighted by molar-refractivity contribution is 0.152. The van der Waals surface area contributed by atoms with Crippen LogP contribution in [-0.2, 0) is 0 Å².